The SMILES string of the molecule is C=CCOc1cc(Cl)c(Cl)cc1C(NSC(C)(C)C)C1CCN(c2ccccn2)CC1. The molecule has 7 heteroatoms. The monoisotopic (exact) mass is 479 g/mol. The summed E-state index contributed by atoms with van der Waals surface area (Å²) in [7, 11) is 0. The first-order valence-electron chi connectivity index (χ1n) is 10.6. The minimum Gasteiger partial charge on any atom is -0.489 e. The summed E-state index contributed by atoms with van der Waals surface area (Å²) in [5.41, 5.74) is 1.05. The second-order valence-corrected chi connectivity index (χ2v) is 11.2. The van der Waals surface area contributed by atoms with E-state index in [0.717, 1.165) is 43.1 Å². The highest BCUT2D eigenvalue weighted by Crippen LogP contribution is 2.42. The van der Waals surface area contributed by atoms with Crippen molar-refractivity contribution in [2.24, 2.45) is 5.92 Å². The predicted octanol–water partition coefficient (Wildman–Crippen LogP) is 6.95. The molecule has 31 heavy (non-hydrogen) atoms. The molecule has 0 bridgehead atoms. The van der Waals surface area contributed by atoms with E-state index in [-0.39, 0.29) is 10.8 Å². The van der Waals surface area contributed by atoms with Crippen molar-refractivity contribution >= 4 is 41.0 Å². The van der Waals surface area contributed by atoms with E-state index in [9.17, 15) is 0 Å². The van der Waals surface area contributed by atoms with Gasteiger partial charge in [-0.25, -0.2) is 4.98 Å². The Morgan fingerprint density at radius 1 is 1.26 bits per heavy atom. The van der Waals surface area contributed by atoms with Gasteiger partial charge in [0.05, 0.1) is 10.0 Å². The van der Waals surface area contributed by atoms with Gasteiger partial charge in [-0.1, -0.05) is 53.9 Å². The van der Waals surface area contributed by atoms with Crippen molar-refractivity contribution in [2.75, 3.05) is 24.6 Å². The van der Waals surface area contributed by atoms with Gasteiger partial charge in [-0.2, -0.15) is 0 Å². The molecule has 3 rings (SSSR count). The second kappa shape index (κ2) is 11.0. The Labute approximate surface area is 200 Å². The Morgan fingerprint density at radius 3 is 2.58 bits per heavy atom. The van der Waals surface area contributed by atoms with Crippen LogP contribution >= 0.6 is 35.1 Å². The number of rotatable bonds is 8. The van der Waals surface area contributed by atoms with Crippen molar-refractivity contribution in [3.05, 3.63) is 64.8 Å². The van der Waals surface area contributed by atoms with Gasteiger partial charge in [0.1, 0.15) is 18.2 Å². The lowest BCUT2D eigenvalue weighted by Gasteiger charge is -2.38. The van der Waals surface area contributed by atoms with E-state index in [1.165, 1.54) is 0 Å². The van der Waals surface area contributed by atoms with Crippen molar-refractivity contribution < 1.29 is 4.74 Å². The lowest BCUT2D eigenvalue weighted by Crippen LogP contribution is -2.39. The van der Waals surface area contributed by atoms with Gasteiger partial charge in [0, 0.05) is 41.7 Å². The van der Waals surface area contributed by atoms with E-state index >= 15 is 0 Å². The van der Waals surface area contributed by atoms with E-state index in [0.29, 0.717) is 22.6 Å². The van der Waals surface area contributed by atoms with Gasteiger partial charge in [0.2, 0.25) is 0 Å². The van der Waals surface area contributed by atoms with Crippen LogP contribution in [0.2, 0.25) is 10.0 Å². The number of piperidine rings is 1. The van der Waals surface area contributed by atoms with Gasteiger partial charge in [-0.15, -0.1) is 0 Å². The molecule has 1 aromatic carbocycles. The van der Waals surface area contributed by atoms with Crippen LogP contribution < -0.4 is 14.4 Å². The number of hydrogen-bond donors (Lipinski definition) is 1. The van der Waals surface area contributed by atoms with Crippen molar-refractivity contribution in [3.8, 4) is 5.75 Å². The minimum atomic E-state index is 0.0747. The molecule has 0 amide bonds. The topological polar surface area (TPSA) is 37.4 Å². The van der Waals surface area contributed by atoms with Gasteiger partial charge in [0.15, 0.2) is 0 Å². The van der Waals surface area contributed by atoms with Crippen LogP contribution in [0.15, 0.2) is 49.2 Å². The first-order chi connectivity index (χ1) is 14.8. The molecule has 2 aromatic rings. The molecule has 0 radical (unpaired) electrons. The molecule has 168 valence electrons. The average Bonchev–Trinajstić information content (AvgIpc) is 2.75. The zero-order chi connectivity index (χ0) is 22.4. The number of ether oxygens (including phenoxy) is 1. The van der Waals surface area contributed by atoms with Crippen LogP contribution in [0.25, 0.3) is 0 Å². The van der Waals surface area contributed by atoms with E-state index in [1.54, 1.807) is 18.0 Å². The Bertz CT molecular complexity index is 865. The second-order valence-electron chi connectivity index (χ2n) is 8.73. The maximum Gasteiger partial charge on any atom is 0.128 e. The van der Waals surface area contributed by atoms with Crippen LogP contribution in [0.5, 0.6) is 5.75 Å². The number of hydrogen-bond acceptors (Lipinski definition) is 5. The molecular formula is C24H31Cl2N3OS. The molecule has 1 atom stereocenters. The maximum atomic E-state index is 6.44. The Morgan fingerprint density at radius 2 is 1.97 bits per heavy atom. The summed E-state index contributed by atoms with van der Waals surface area (Å²) in [5.74, 6) is 2.23. The zero-order valence-electron chi connectivity index (χ0n) is 18.4. The predicted molar refractivity (Wildman–Crippen MR) is 135 cm³/mol. The lowest BCUT2D eigenvalue weighted by atomic mass is 9.85. The van der Waals surface area contributed by atoms with Crippen molar-refractivity contribution in [2.45, 2.75) is 44.4 Å². The zero-order valence-corrected chi connectivity index (χ0v) is 20.7. The molecule has 0 aliphatic carbocycles. The summed E-state index contributed by atoms with van der Waals surface area (Å²) in [5, 5.41) is 1.04. The number of anilines is 1. The fourth-order valence-corrected chi connectivity index (χ4v) is 4.84. The Balaban J connectivity index is 1.85. The van der Waals surface area contributed by atoms with Crippen molar-refractivity contribution in [3.63, 3.8) is 0 Å². The number of nitrogens with one attached hydrogen (secondary N) is 1. The molecule has 1 N–H and O–H groups in total. The van der Waals surface area contributed by atoms with Crippen LogP contribution in [-0.4, -0.2) is 29.4 Å². The first-order valence-corrected chi connectivity index (χ1v) is 12.2. The highest BCUT2D eigenvalue weighted by Gasteiger charge is 2.31. The molecule has 0 saturated carbocycles. The fourth-order valence-electron chi connectivity index (χ4n) is 3.72. The number of benzene rings is 1. The lowest BCUT2D eigenvalue weighted by molar-refractivity contribution is 0.311. The Kier molecular flexibility index (Phi) is 8.57. The third-order valence-corrected chi connectivity index (χ3v) is 6.93. The highest BCUT2D eigenvalue weighted by molar-refractivity contribution is 7.98. The summed E-state index contributed by atoms with van der Waals surface area (Å²) >= 11 is 14.5. The summed E-state index contributed by atoms with van der Waals surface area (Å²) in [6.07, 6.45) is 5.68. The number of aromatic nitrogens is 1. The quantitative estimate of drug-likeness (QED) is 0.327. The van der Waals surface area contributed by atoms with Gasteiger partial charge < -0.3 is 9.64 Å². The van der Waals surface area contributed by atoms with E-state index in [1.807, 2.05) is 30.5 Å². The maximum absolute atomic E-state index is 6.44. The van der Waals surface area contributed by atoms with Gasteiger partial charge in [-0.3, -0.25) is 4.72 Å². The largest absolute Gasteiger partial charge is 0.489 e. The summed E-state index contributed by atoms with van der Waals surface area (Å²) < 4.78 is 9.80. The van der Waals surface area contributed by atoms with E-state index < -0.39 is 0 Å². The van der Waals surface area contributed by atoms with Crippen LogP contribution in [0.1, 0.15) is 45.2 Å². The van der Waals surface area contributed by atoms with Gasteiger partial charge >= 0.3 is 0 Å². The van der Waals surface area contributed by atoms with Gasteiger partial charge in [0.25, 0.3) is 0 Å². The molecule has 0 spiro atoms. The molecule has 1 fully saturated rings. The number of nitrogens with zero attached hydrogens (tertiary/aromatic N) is 2. The summed E-state index contributed by atoms with van der Waals surface area (Å²) in [6.45, 7) is 12.7. The smallest absolute Gasteiger partial charge is 0.128 e. The molecule has 1 saturated heterocycles. The third kappa shape index (κ3) is 6.79. The Hall–Kier alpha value is -1.40. The van der Waals surface area contributed by atoms with Crippen molar-refractivity contribution in [1.82, 2.24) is 9.71 Å². The van der Waals surface area contributed by atoms with Crippen molar-refractivity contribution in [1.29, 1.82) is 0 Å². The van der Waals surface area contributed by atoms with Crippen LogP contribution in [0.4, 0.5) is 5.82 Å². The molecule has 1 aliphatic heterocycles. The average molecular weight is 481 g/mol. The summed E-state index contributed by atoms with van der Waals surface area (Å²) in [6, 6.07) is 9.93. The third-order valence-electron chi connectivity index (χ3n) is 5.22. The standard InChI is InChI=1S/C24H31Cl2N3OS/c1-5-14-30-21-16-20(26)19(25)15-18(21)23(28-31-24(2,3)4)17-9-12-29(13-10-17)22-8-6-7-11-27-22/h5-8,11,15-17,23,28H,1,9-10,12-14H2,2-4H3. The molecule has 4 nitrogen and oxygen atoms in total. The normalized spacial score (nSPS) is 16.2. The fraction of sp³-hybridized carbons (Fsp3) is 0.458. The molecule has 1 aliphatic rings. The molecule has 2 heterocycles. The molecule has 1 aromatic heterocycles. The number of pyridine rings is 1. The highest BCUT2D eigenvalue weighted by atomic mass is 35.5. The van der Waals surface area contributed by atoms with Crippen LogP contribution in [0, 0.1) is 5.92 Å². The van der Waals surface area contributed by atoms with Crippen LogP contribution in [0.3, 0.4) is 0 Å². The summed E-state index contributed by atoms with van der Waals surface area (Å²) in [4.78, 5) is 6.87. The molecule has 1 unspecified atom stereocenters. The molecular weight excluding hydrogens is 449 g/mol. The van der Waals surface area contributed by atoms with Crippen LogP contribution in [-0.2, 0) is 0 Å². The first kappa shape index (κ1) is 24.2. The van der Waals surface area contributed by atoms with E-state index in [2.05, 4.69) is 48.0 Å². The van der Waals surface area contributed by atoms with E-state index in [4.69, 9.17) is 27.9 Å². The minimum absolute atomic E-state index is 0.0747. The number of halogens is 2. The van der Waals surface area contributed by atoms with Gasteiger partial charge in [-0.05, 0) is 57.7 Å².